The van der Waals surface area contributed by atoms with Gasteiger partial charge < -0.3 is 10.6 Å². The van der Waals surface area contributed by atoms with Crippen molar-refractivity contribution in [2.75, 3.05) is 11.9 Å². The zero-order valence-corrected chi connectivity index (χ0v) is 12.6. The van der Waals surface area contributed by atoms with E-state index in [2.05, 4.69) is 6.92 Å². The first-order valence-corrected chi connectivity index (χ1v) is 7.46. The van der Waals surface area contributed by atoms with Gasteiger partial charge in [-0.15, -0.1) is 0 Å². The Hall–Kier alpha value is -1.23. The molecule has 1 aromatic carbocycles. The van der Waals surface area contributed by atoms with Gasteiger partial charge in [-0.3, -0.25) is 0 Å². The van der Waals surface area contributed by atoms with E-state index in [-0.39, 0.29) is 12.1 Å². The quantitative estimate of drug-likeness (QED) is 0.907. The molecule has 0 unspecified atom stereocenters. The number of alkyl halides is 3. The zero-order valence-electron chi connectivity index (χ0n) is 12.6. The summed E-state index contributed by atoms with van der Waals surface area (Å²) < 4.78 is 39.3. The van der Waals surface area contributed by atoms with Crippen LogP contribution in [0.5, 0.6) is 0 Å². The lowest BCUT2D eigenvalue weighted by molar-refractivity contribution is -0.138. The van der Waals surface area contributed by atoms with E-state index < -0.39 is 11.7 Å². The summed E-state index contributed by atoms with van der Waals surface area (Å²) in [4.78, 5) is 1.99. The predicted molar refractivity (Wildman–Crippen MR) is 79.2 cm³/mol. The van der Waals surface area contributed by atoms with Crippen LogP contribution < -0.4 is 10.6 Å². The van der Waals surface area contributed by atoms with Crippen molar-refractivity contribution in [3.05, 3.63) is 29.3 Å². The molecule has 21 heavy (non-hydrogen) atoms. The van der Waals surface area contributed by atoms with E-state index in [0.717, 1.165) is 31.6 Å². The van der Waals surface area contributed by atoms with Crippen LogP contribution in [0.25, 0.3) is 0 Å². The Bertz CT molecular complexity index is 477. The first-order valence-electron chi connectivity index (χ1n) is 7.46. The van der Waals surface area contributed by atoms with Crippen molar-refractivity contribution in [3.63, 3.8) is 0 Å². The van der Waals surface area contributed by atoms with Gasteiger partial charge in [-0.25, -0.2) is 0 Å². The predicted octanol–water partition coefficient (Wildman–Crippen LogP) is 4.18. The lowest BCUT2D eigenvalue weighted by atomic mass is 9.86. The van der Waals surface area contributed by atoms with Crippen LogP contribution in [0, 0.1) is 5.92 Å². The fourth-order valence-corrected chi connectivity index (χ4v) is 3.07. The molecular weight excluding hydrogens is 277 g/mol. The summed E-state index contributed by atoms with van der Waals surface area (Å²) in [6, 6.07) is 4.81. The van der Waals surface area contributed by atoms with Gasteiger partial charge in [0, 0.05) is 25.3 Å². The van der Waals surface area contributed by atoms with Crippen molar-refractivity contribution in [3.8, 4) is 0 Å². The smallest absolute Gasteiger partial charge is 0.372 e. The van der Waals surface area contributed by atoms with Crippen molar-refractivity contribution in [2.45, 2.75) is 51.4 Å². The Morgan fingerprint density at radius 3 is 2.33 bits per heavy atom. The molecular formula is C16H23F3N2. The maximum atomic E-state index is 13.1. The fourth-order valence-electron chi connectivity index (χ4n) is 3.07. The topological polar surface area (TPSA) is 29.3 Å². The SMILES string of the molecule is CC1CCC(N(C)c2ccc(CN)c(C(F)(F)F)c2)CC1. The molecule has 0 aromatic heterocycles. The molecule has 0 bridgehead atoms. The first-order chi connectivity index (χ1) is 9.82. The van der Waals surface area contributed by atoms with Crippen molar-refractivity contribution in [1.29, 1.82) is 0 Å². The van der Waals surface area contributed by atoms with E-state index in [0.29, 0.717) is 11.7 Å². The number of hydrogen-bond donors (Lipinski definition) is 1. The van der Waals surface area contributed by atoms with Crippen molar-refractivity contribution in [1.82, 2.24) is 0 Å². The van der Waals surface area contributed by atoms with Crippen molar-refractivity contribution in [2.24, 2.45) is 11.7 Å². The van der Waals surface area contributed by atoms with Crippen molar-refractivity contribution < 1.29 is 13.2 Å². The highest BCUT2D eigenvalue weighted by atomic mass is 19.4. The lowest BCUT2D eigenvalue weighted by Crippen LogP contribution is -2.35. The van der Waals surface area contributed by atoms with E-state index in [1.165, 1.54) is 12.1 Å². The summed E-state index contributed by atoms with van der Waals surface area (Å²) in [5, 5.41) is 0. The highest BCUT2D eigenvalue weighted by Gasteiger charge is 2.34. The second kappa shape index (κ2) is 6.26. The third-order valence-corrected chi connectivity index (χ3v) is 4.56. The minimum atomic E-state index is -4.35. The molecule has 0 spiro atoms. The minimum absolute atomic E-state index is 0.0974. The average Bonchev–Trinajstić information content (AvgIpc) is 2.45. The van der Waals surface area contributed by atoms with Crippen LogP contribution >= 0.6 is 0 Å². The van der Waals surface area contributed by atoms with Gasteiger partial charge in [0.05, 0.1) is 5.56 Å². The summed E-state index contributed by atoms with van der Waals surface area (Å²) in [6.45, 7) is 2.13. The van der Waals surface area contributed by atoms with E-state index in [1.807, 2.05) is 11.9 Å². The van der Waals surface area contributed by atoms with Gasteiger partial charge in [-0.1, -0.05) is 13.0 Å². The second-order valence-corrected chi connectivity index (χ2v) is 6.07. The highest BCUT2D eigenvalue weighted by molar-refractivity contribution is 5.52. The standard InChI is InChI=1S/C16H23F3N2/c1-11-3-6-13(7-4-11)21(2)14-8-5-12(10-20)15(9-14)16(17,18)19/h5,8-9,11,13H,3-4,6-7,10,20H2,1-2H3. The van der Waals surface area contributed by atoms with Crippen LogP contribution in [0.1, 0.15) is 43.7 Å². The molecule has 0 amide bonds. The largest absolute Gasteiger partial charge is 0.416 e. The molecule has 2 nitrogen and oxygen atoms in total. The molecule has 1 aliphatic rings. The molecule has 0 saturated heterocycles. The third-order valence-electron chi connectivity index (χ3n) is 4.56. The Balaban J connectivity index is 2.23. The van der Waals surface area contributed by atoms with Gasteiger partial charge in [0.2, 0.25) is 0 Å². The lowest BCUT2D eigenvalue weighted by Gasteiger charge is -2.35. The molecule has 1 aromatic rings. The number of anilines is 1. The molecule has 0 heterocycles. The summed E-state index contributed by atoms with van der Waals surface area (Å²) in [5.41, 5.74) is 5.58. The maximum absolute atomic E-state index is 13.1. The molecule has 0 atom stereocenters. The molecule has 5 heteroatoms. The normalized spacial score (nSPS) is 23.1. The number of hydrogen-bond acceptors (Lipinski definition) is 2. The number of halogens is 3. The van der Waals surface area contributed by atoms with E-state index in [1.54, 1.807) is 6.07 Å². The Labute approximate surface area is 124 Å². The van der Waals surface area contributed by atoms with Crippen molar-refractivity contribution >= 4 is 5.69 Å². The van der Waals surface area contributed by atoms with Gasteiger partial charge in [0.1, 0.15) is 0 Å². The fraction of sp³-hybridized carbons (Fsp3) is 0.625. The molecule has 0 aliphatic heterocycles. The summed E-state index contributed by atoms with van der Waals surface area (Å²) in [5.74, 6) is 0.722. The molecule has 118 valence electrons. The van der Waals surface area contributed by atoms with Crippen LogP contribution in [-0.2, 0) is 12.7 Å². The van der Waals surface area contributed by atoms with Crippen LogP contribution in [0.15, 0.2) is 18.2 Å². The van der Waals surface area contributed by atoms with Gasteiger partial charge in [0.25, 0.3) is 0 Å². The third kappa shape index (κ3) is 3.70. The molecule has 2 N–H and O–H groups in total. The first kappa shape index (κ1) is 16.1. The average molecular weight is 300 g/mol. The number of nitrogens with zero attached hydrogens (tertiary/aromatic N) is 1. The maximum Gasteiger partial charge on any atom is 0.416 e. The second-order valence-electron chi connectivity index (χ2n) is 6.07. The highest BCUT2D eigenvalue weighted by Crippen LogP contribution is 2.36. The molecule has 0 radical (unpaired) electrons. The van der Waals surface area contributed by atoms with Crippen LogP contribution in [0.2, 0.25) is 0 Å². The summed E-state index contributed by atoms with van der Waals surface area (Å²) >= 11 is 0. The molecule has 1 fully saturated rings. The van der Waals surface area contributed by atoms with Gasteiger partial charge in [-0.05, 0) is 49.3 Å². The zero-order chi connectivity index (χ0) is 15.6. The number of benzene rings is 1. The van der Waals surface area contributed by atoms with Crippen LogP contribution in [0.4, 0.5) is 18.9 Å². The van der Waals surface area contributed by atoms with Gasteiger partial charge in [0.15, 0.2) is 0 Å². The summed E-state index contributed by atoms with van der Waals surface area (Å²) in [7, 11) is 1.89. The van der Waals surface area contributed by atoms with Gasteiger partial charge >= 0.3 is 6.18 Å². The number of rotatable bonds is 3. The van der Waals surface area contributed by atoms with E-state index in [4.69, 9.17) is 5.73 Å². The molecule has 1 aliphatic carbocycles. The van der Waals surface area contributed by atoms with E-state index in [9.17, 15) is 13.2 Å². The summed E-state index contributed by atoms with van der Waals surface area (Å²) in [6.07, 6.45) is 0.00594. The Morgan fingerprint density at radius 1 is 1.19 bits per heavy atom. The minimum Gasteiger partial charge on any atom is -0.372 e. The molecule has 2 rings (SSSR count). The van der Waals surface area contributed by atoms with Crippen LogP contribution in [-0.4, -0.2) is 13.1 Å². The Morgan fingerprint density at radius 2 is 1.81 bits per heavy atom. The Kier molecular flexibility index (Phi) is 4.81. The van der Waals surface area contributed by atoms with Gasteiger partial charge in [-0.2, -0.15) is 13.2 Å². The monoisotopic (exact) mass is 300 g/mol. The molecule has 1 saturated carbocycles. The van der Waals surface area contributed by atoms with Crippen LogP contribution in [0.3, 0.4) is 0 Å². The number of nitrogens with two attached hydrogens (primary N) is 1. The van der Waals surface area contributed by atoms with E-state index >= 15 is 0 Å².